The van der Waals surface area contributed by atoms with Crippen LogP contribution in [0.1, 0.15) is 27.0 Å². The molecule has 0 amide bonds. The van der Waals surface area contributed by atoms with Crippen molar-refractivity contribution in [2.24, 2.45) is 0 Å². The Morgan fingerprint density at radius 1 is 0.574 bits per heavy atom. The third-order valence-corrected chi connectivity index (χ3v) is 7.70. The molecule has 0 bridgehead atoms. The summed E-state index contributed by atoms with van der Waals surface area (Å²) in [5.74, 6) is 2.86. The molecule has 0 saturated heterocycles. The third-order valence-electron chi connectivity index (χ3n) is 7.70. The van der Waals surface area contributed by atoms with E-state index in [2.05, 4.69) is 9.97 Å². The zero-order valence-electron chi connectivity index (χ0n) is 25.6. The Balaban J connectivity index is 1.09. The van der Waals surface area contributed by atoms with Crippen molar-refractivity contribution in [2.75, 3.05) is 0 Å². The van der Waals surface area contributed by atoms with Gasteiger partial charge in [-0.1, -0.05) is 66.7 Å². The van der Waals surface area contributed by atoms with Crippen molar-refractivity contribution in [1.29, 1.82) is 0 Å². The van der Waals surface area contributed by atoms with Crippen molar-refractivity contribution < 1.29 is 23.7 Å². The maximum atomic E-state index is 12.5. The molecule has 47 heavy (non-hydrogen) atoms. The summed E-state index contributed by atoms with van der Waals surface area (Å²) >= 11 is 0. The van der Waals surface area contributed by atoms with E-state index in [1.54, 1.807) is 42.7 Å². The second-order valence-corrected chi connectivity index (χ2v) is 11.0. The predicted octanol–water partition coefficient (Wildman–Crippen LogP) is 9.61. The van der Waals surface area contributed by atoms with Crippen LogP contribution in [0.2, 0.25) is 0 Å². The first-order chi connectivity index (χ1) is 23.1. The summed E-state index contributed by atoms with van der Waals surface area (Å²) in [5.41, 5.74) is 4.86. The highest BCUT2D eigenvalue weighted by Crippen LogP contribution is 2.37. The van der Waals surface area contributed by atoms with Gasteiger partial charge in [-0.05, 0) is 78.2 Å². The van der Waals surface area contributed by atoms with Crippen LogP contribution in [-0.4, -0.2) is 15.9 Å². The van der Waals surface area contributed by atoms with E-state index in [9.17, 15) is 4.79 Å². The highest BCUT2D eigenvalue weighted by molar-refractivity contribution is 6.06. The molecule has 7 nitrogen and oxygen atoms in total. The van der Waals surface area contributed by atoms with E-state index in [1.165, 1.54) is 0 Å². The summed E-state index contributed by atoms with van der Waals surface area (Å²) in [7, 11) is 0. The summed E-state index contributed by atoms with van der Waals surface area (Å²) in [6.07, 6.45) is 3.40. The van der Waals surface area contributed by atoms with E-state index in [-0.39, 0.29) is 6.61 Å². The van der Waals surface area contributed by atoms with Gasteiger partial charge in [0.2, 0.25) is 0 Å². The number of hydrogen-bond donors (Lipinski definition) is 0. The van der Waals surface area contributed by atoms with Crippen LogP contribution >= 0.6 is 0 Å². The number of pyridine rings is 2. The van der Waals surface area contributed by atoms with Crippen LogP contribution in [0.3, 0.4) is 0 Å². The number of esters is 1. The van der Waals surface area contributed by atoms with Gasteiger partial charge < -0.3 is 18.9 Å². The van der Waals surface area contributed by atoms with Gasteiger partial charge in [-0.3, -0.25) is 9.97 Å². The Morgan fingerprint density at radius 3 is 1.74 bits per heavy atom. The summed E-state index contributed by atoms with van der Waals surface area (Å²) < 4.78 is 24.2. The maximum absolute atomic E-state index is 12.5. The van der Waals surface area contributed by atoms with E-state index >= 15 is 0 Å². The molecule has 0 spiro atoms. The number of carbonyl (C=O) groups excluding carboxylic acids is 1. The number of aromatic nitrogens is 2. The molecular formula is C40H30N2O5. The highest BCUT2D eigenvalue weighted by atomic mass is 16.5. The number of carbonyl (C=O) groups is 1. The van der Waals surface area contributed by atoms with Crippen molar-refractivity contribution >= 4 is 27.8 Å². The number of rotatable bonds is 10. The number of ether oxygens (including phenoxy) is 4. The molecule has 5 aromatic carbocycles. The summed E-state index contributed by atoms with van der Waals surface area (Å²) in [5, 5.41) is 1.61. The second-order valence-electron chi connectivity index (χ2n) is 11.0. The molecule has 7 aromatic rings. The molecule has 0 N–H and O–H groups in total. The summed E-state index contributed by atoms with van der Waals surface area (Å²) in [4.78, 5) is 21.8. The molecule has 0 fully saturated rings. The Kier molecular flexibility index (Phi) is 8.42. The number of fused-ring (bicyclic) bond motifs is 3. The Bertz CT molecular complexity index is 2170. The zero-order chi connectivity index (χ0) is 32.0. The van der Waals surface area contributed by atoms with E-state index < -0.39 is 5.97 Å². The topological polar surface area (TPSA) is 79.8 Å². The number of nitrogens with zero attached hydrogens (tertiary/aromatic N) is 2. The largest absolute Gasteiger partial charge is 0.488 e. The number of benzene rings is 5. The van der Waals surface area contributed by atoms with Crippen LogP contribution in [0.15, 0.2) is 140 Å². The lowest BCUT2D eigenvalue weighted by molar-refractivity contribution is 0.0472. The molecule has 7 rings (SSSR count). The first-order valence-corrected chi connectivity index (χ1v) is 15.2. The smallest absolute Gasteiger partial charge is 0.338 e. The predicted molar refractivity (Wildman–Crippen MR) is 181 cm³/mol. The van der Waals surface area contributed by atoms with Crippen LogP contribution in [-0.2, 0) is 18.0 Å². The van der Waals surface area contributed by atoms with E-state index in [0.717, 1.165) is 33.2 Å². The van der Waals surface area contributed by atoms with Crippen LogP contribution in [0, 0.1) is 6.92 Å². The summed E-state index contributed by atoms with van der Waals surface area (Å²) in [6.45, 7) is 2.70. The van der Waals surface area contributed by atoms with E-state index in [1.807, 2.05) is 104 Å². The Hall–Kier alpha value is -6.21. The first-order valence-electron chi connectivity index (χ1n) is 15.2. The average molecular weight is 619 g/mol. The van der Waals surface area contributed by atoms with E-state index in [0.29, 0.717) is 46.2 Å². The van der Waals surface area contributed by atoms with Crippen LogP contribution in [0.25, 0.3) is 21.8 Å². The molecule has 0 aliphatic carbocycles. The van der Waals surface area contributed by atoms with E-state index in [4.69, 9.17) is 18.9 Å². The van der Waals surface area contributed by atoms with Gasteiger partial charge in [-0.25, -0.2) is 4.79 Å². The molecule has 0 aliphatic rings. The molecule has 0 aliphatic heterocycles. The molecule has 0 saturated carbocycles. The molecule has 0 atom stereocenters. The fourth-order valence-corrected chi connectivity index (χ4v) is 5.21. The fourth-order valence-electron chi connectivity index (χ4n) is 5.21. The minimum atomic E-state index is -0.396. The molecule has 230 valence electrons. The van der Waals surface area contributed by atoms with Crippen LogP contribution < -0.4 is 14.2 Å². The van der Waals surface area contributed by atoms with Crippen molar-refractivity contribution in [3.63, 3.8) is 0 Å². The Labute approximate surface area is 272 Å². The standard InChI is InChI=1S/C40H30N2O5/c1-27-12-15-32(24-37(27)44-25-28-8-4-2-5-9-28)47-36-21-23-42-39-34(36)19-18-33-35(20-22-41-38(33)39)46-31-16-13-30(14-17-31)40(43)45-26-29-10-6-3-7-11-29/h2-24H,25-26H2,1H3. The minimum Gasteiger partial charge on any atom is -0.488 e. The SMILES string of the molecule is Cc1ccc(Oc2ccnc3c2ccc2c(Oc4ccc(C(=O)OCc5ccccc5)cc4)ccnc23)cc1OCc1ccccc1. The van der Waals surface area contributed by atoms with Gasteiger partial charge in [-0.15, -0.1) is 0 Å². The van der Waals surface area contributed by atoms with Gasteiger partial charge in [0.15, 0.2) is 0 Å². The van der Waals surface area contributed by atoms with Crippen LogP contribution in [0.5, 0.6) is 28.7 Å². The second kappa shape index (κ2) is 13.4. The Morgan fingerprint density at radius 2 is 1.13 bits per heavy atom. The zero-order valence-corrected chi connectivity index (χ0v) is 25.6. The summed E-state index contributed by atoms with van der Waals surface area (Å²) in [6, 6.07) is 39.9. The van der Waals surface area contributed by atoms with Crippen molar-refractivity contribution in [1.82, 2.24) is 9.97 Å². The monoisotopic (exact) mass is 618 g/mol. The maximum Gasteiger partial charge on any atom is 0.338 e. The third kappa shape index (κ3) is 6.74. The lowest BCUT2D eigenvalue weighted by atomic mass is 10.1. The lowest BCUT2D eigenvalue weighted by Gasteiger charge is -2.14. The highest BCUT2D eigenvalue weighted by Gasteiger charge is 2.14. The normalized spacial score (nSPS) is 10.9. The minimum absolute atomic E-state index is 0.213. The van der Waals surface area contributed by atoms with Crippen molar-refractivity contribution in [2.45, 2.75) is 20.1 Å². The van der Waals surface area contributed by atoms with Gasteiger partial charge in [0.1, 0.15) is 53.0 Å². The van der Waals surface area contributed by atoms with Gasteiger partial charge in [0.25, 0.3) is 0 Å². The van der Waals surface area contributed by atoms with Gasteiger partial charge in [0, 0.05) is 29.2 Å². The lowest BCUT2D eigenvalue weighted by Crippen LogP contribution is -2.05. The first kappa shape index (κ1) is 29.5. The molecule has 0 radical (unpaired) electrons. The number of aryl methyl sites for hydroxylation is 1. The molecule has 0 unspecified atom stereocenters. The van der Waals surface area contributed by atoms with Crippen molar-refractivity contribution in [3.8, 4) is 28.7 Å². The van der Waals surface area contributed by atoms with Gasteiger partial charge in [-0.2, -0.15) is 0 Å². The van der Waals surface area contributed by atoms with Crippen LogP contribution in [0.4, 0.5) is 0 Å². The van der Waals surface area contributed by atoms with Crippen molar-refractivity contribution in [3.05, 3.63) is 162 Å². The molecule has 7 heteroatoms. The quantitative estimate of drug-likeness (QED) is 0.112. The molecular weight excluding hydrogens is 588 g/mol. The van der Waals surface area contributed by atoms with Gasteiger partial charge >= 0.3 is 5.97 Å². The molecule has 2 aromatic heterocycles. The molecule has 2 heterocycles. The average Bonchev–Trinajstić information content (AvgIpc) is 3.12. The van der Waals surface area contributed by atoms with Gasteiger partial charge in [0.05, 0.1) is 5.56 Å². The number of hydrogen-bond acceptors (Lipinski definition) is 7. The fraction of sp³-hybridized carbons (Fsp3) is 0.0750.